The summed E-state index contributed by atoms with van der Waals surface area (Å²) in [5.41, 5.74) is 2.31. The van der Waals surface area contributed by atoms with E-state index in [9.17, 15) is 10.1 Å². The Kier molecular flexibility index (Phi) is 4.93. The molecule has 0 aliphatic heterocycles. The molecule has 8 heteroatoms. The standard InChI is InChI=1S/C21H13Cl2N5O/c1-12-8-19(26-18-5-3-2-4-15(12)18)28-20(14(10-24)11-25-28)27-21(29)13-6-7-16(22)17(23)9-13/h2-9,11H,1H3,(H,27,29). The highest BCUT2D eigenvalue weighted by atomic mass is 35.5. The Hall–Kier alpha value is -3.40. The quantitative estimate of drug-likeness (QED) is 0.494. The van der Waals surface area contributed by atoms with Crippen LogP contribution in [0.15, 0.2) is 54.7 Å². The number of fused-ring (bicyclic) bond motifs is 1. The van der Waals surface area contributed by atoms with Crippen molar-refractivity contribution in [1.29, 1.82) is 5.26 Å². The Morgan fingerprint density at radius 1 is 1.14 bits per heavy atom. The van der Waals surface area contributed by atoms with Gasteiger partial charge in [-0.05, 0) is 42.8 Å². The molecule has 2 aromatic carbocycles. The lowest BCUT2D eigenvalue weighted by Crippen LogP contribution is -2.16. The molecule has 142 valence electrons. The fourth-order valence-corrected chi connectivity index (χ4v) is 3.28. The highest BCUT2D eigenvalue weighted by molar-refractivity contribution is 6.42. The molecule has 0 aliphatic carbocycles. The van der Waals surface area contributed by atoms with Crippen molar-refractivity contribution in [1.82, 2.24) is 14.8 Å². The number of benzene rings is 2. The van der Waals surface area contributed by atoms with E-state index in [0.717, 1.165) is 16.5 Å². The molecule has 1 N–H and O–H groups in total. The van der Waals surface area contributed by atoms with Crippen molar-refractivity contribution < 1.29 is 4.79 Å². The van der Waals surface area contributed by atoms with Gasteiger partial charge >= 0.3 is 0 Å². The third kappa shape index (κ3) is 3.54. The van der Waals surface area contributed by atoms with Crippen LogP contribution < -0.4 is 5.32 Å². The summed E-state index contributed by atoms with van der Waals surface area (Å²) in [6.45, 7) is 1.97. The third-order valence-electron chi connectivity index (χ3n) is 4.43. The third-order valence-corrected chi connectivity index (χ3v) is 5.17. The number of para-hydroxylation sites is 1. The molecule has 0 fully saturated rings. The Balaban J connectivity index is 1.78. The van der Waals surface area contributed by atoms with Crippen LogP contribution in [-0.2, 0) is 0 Å². The van der Waals surface area contributed by atoms with Crippen molar-refractivity contribution in [3.8, 4) is 11.9 Å². The molecule has 29 heavy (non-hydrogen) atoms. The lowest BCUT2D eigenvalue weighted by Gasteiger charge is -2.11. The first-order valence-corrected chi connectivity index (χ1v) is 9.35. The van der Waals surface area contributed by atoms with Crippen LogP contribution in [0.1, 0.15) is 21.5 Å². The number of carbonyl (C=O) groups excluding carboxylic acids is 1. The van der Waals surface area contributed by atoms with Crippen molar-refractivity contribution in [2.75, 3.05) is 5.32 Å². The predicted octanol–water partition coefficient (Wildman–Crippen LogP) is 5.16. The van der Waals surface area contributed by atoms with E-state index >= 15 is 0 Å². The number of hydrogen-bond donors (Lipinski definition) is 1. The maximum Gasteiger partial charge on any atom is 0.256 e. The number of aryl methyl sites for hydroxylation is 1. The number of nitriles is 1. The number of amides is 1. The Morgan fingerprint density at radius 3 is 2.69 bits per heavy atom. The van der Waals surface area contributed by atoms with Crippen LogP contribution in [0.4, 0.5) is 5.82 Å². The molecule has 1 amide bonds. The summed E-state index contributed by atoms with van der Waals surface area (Å²) in [5, 5.41) is 18.1. The normalized spacial score (nSPS) is 10.7. The van der Waals surface area contributed by atoms with Crippen LogP contribution in [0.2, 0.25) is 10.0 Å². The fourth-order valence-electron chi connectivity index (χ4n) is 2.98. The zero-order valence-corrected chi connectivity index (χ0v) is 16.7. The summed E-state index contributed by atoms with van der Waals surface area (Å²) in [4.78, 5) is 17.3. The van der Waals surface area contributed by atoms with Gasteiger partial charge in [0, 0.05) is 10.9 Å². The monoisotopic (exact) mass is 421 g/mol. The number of nitrogens with one attached hydrogen (secondary N) is 1. The Labute approximate surface area is 176 Å². The maximum absolute atomic E-state index is 12.7. The zero-order valence-electron chi connectivity index (χ0n) is 15.1. The molecule has 0 unspecified atom stereocenters. The SMILES string of the molecule is Cc1cc(-n2ncc(C#N)c2NC(=O)c2ccc(Cl)c(Cl)c2)nc2ccccc12. The highest BCUT2D eigenvalue weighted by Crippen LogP contribution is 2.26. The fraction of sp³-hybridized carbons (Fsp3) is 0.0476. The summed E-state index contributed by atoms with van der Waals surface area (Å²) >= 11 is 11.9. The van der Waals surface area contributed by atoms with Crippen LogP contribution in [0.5, 0.6) is 0 Å². The number of pyridine rings is 1. The van der Waals surface area contributed by atoms with E-state index in [1.165, 1.54) is 23.0 Å². The number of carbonyl (C=O) groups is 1. The van der Waals surface area contributed by atoms with E-state index in [2.05, 4.69) is 15.4 Å². The van der Waals surface area contributed by atoms with Gasteiger partial charge in [0.25, 0.3) is 5.91 Å². The number of nitrogens with zero attached hydrogens (tertiary/aromatic N) is 4. The van der Waals surface area contributed by atoms with E-state index < -0.39 is 5.91 Å². The van der Waals surface area contributed by atoms with Gasteiger partial charge in [0.05, 0.1) is 21.8 Å². The van der Waals surface area contributed by atoms with E-state index in [1.54, 1.807) is 6.07 Å². The van der Waals surface area contributed by atoms with Gasteiger partial charge in [0.2, 0.25) is 0 Å². The molecule has 0 aliphatic rings. The summed E-state index contributed by atoms with van der Waals surface area (Å²) < 4.78 is 1.44. The Bertz CT molecular complexity index is 1310. The first kappa shape index (κ1) is 18.9. The second-order valence-electron chi connectivity index (χ2n) is 6.33. The number of anilines is 1. The number of rotatable bonds is 3. The van der Waals surface area contributed by atoms with Gasteiger partial charge in [-0.15, -0.1) is 0 Å². The van der Waals surface area contributed by atoms with E-state index in [1.807, 2.05) is 43.3 Å². The molecule has 2 heterocycles. The first-order valence-electron chi connectivity index (χ1n) is 8.59. The van der Waals surface area contributed by atoms with Gasteiger partial charge in [-0.1, -0.05) is 41.4 Å². The molecular formula is C21H13Cl2N5O. The minimum Gasteiger partial charge on any atom is -0.305 e. The molecule has 0 saturated heterocycles. The largest absolute Gasteiger partial charge is 0.305 e. The van der Waals surface area contributed by atoms with Crippen LogP contribution in [-0.4, -0.2) is 20.7 Å². The lowest BCUT2D eigenvalue weighted by atomic mass is 10.1. The summed E-state index contributed by atoms with van der Waals surface area (Å²) in [6, 6.07) is 16.2. The lowest BCUT2D eigenvalue weighted by molar-refractivity contribution is 0.102. The van der Waals surface area contributed by atoms with Crippen LogP contribution >= 0.6 is 23.2 Å². The number of hydrogen-bond acceptors (Lipinski definition) is 4. The molecule has 0 bridgehead atoms. The van der Waals surface area contributed by atoms with Crippen molar-refractivity contribution in [2.45, 2.75) is 6.92 Å². The van der Waals surface area contributed by atoms with E-state index in [4.69, 9.17) is 23.2 Å². The second-order valence-corrected chi connectivity index (χ2v) is 7.14. The molecule has 0 atom stereocenters. The second kappa shape index (κ2) is 7.55. The van der Waals surface area contributed by atoms with Crippen molar-refractivity contribution in [2.24, 2.45) is 0 Å². The van der Waals surface area contributed by atoms with Crippen LogP contribution in [0.3, 0.4) is 0 Å². The molecule has 6 nitrogen and oxygen atoms in total. The smallest absolute Gasteiger partial charge is 0.256 e. The molecular weight excluding hydrogens is 409 g/mol. The molecule has 4 rings (SSSR count). The van der Waals surface area contributed by atoms with Crippen molar-refractivity contribution >= 4 is 45.8 Å². The first-order chi connectivity index (χ1) is 14.0. The van der Waals surface area contributed by atoms with Gasteiger partial charge in [0.15, 0.2) is 11.6 Å². The van der Waals surface area contributed by atoms with Gasteiger partial charge in [-0.25, -0.2) is 4.98 Å². The molecule has 0 saturated carbocycles. The number of aromatic nitrogens is 3. The minimum absolute atomic E-state index is 0.214. The minimum atomic E-state index is -0.445. The van der Waals surface area contributed by atoms with E-state index in [-0.39, 0.29) is 16.4 Å². The van der Waals surface area contributed by atoms with Crippen LogP contribution in [0, 0.1) is 18.3 Å². The predicted molar refractivity (Wildman–Crippen MR) is 113 cm³/mol. The summed E-state index contributed by atoms with van der Waals surface area (Å²) in [6.07, 6.45) is 1.39. The summed E-state index contributed by atoms with van der Waals surface area (Å²) in [7, 11) is 0. The van der Waals surface area contributed by atoms with Crippen LogP contribution in [0.25, 0.3) is 16.7 Å². The molecule has 0 spiro atoms. The average molecular weight is 422 g/mol. The molecule has 0 radical (unpaired) electrons. The summed E-state index contributed by atoms with van der Waals surface area (Å²) in [5.74, 6) is 0.275. The highest BCUT2D eigenvalue weighted by Gasteiger charge is 2.18. The average Bonchev–Trinajstić information content (AvgIpc) is 3.12. The topological polar surface area (TPSA) is 83.6 Å². The van der Waals surface area contributed by atoms with E-state index in [0.29, 0.717) is 16.4 Å². The van der Waals surface area contributed by atoms with Gasteiger partial charge in [-0.3, -0.25) is 4.79 Å². The number of halogens is 2. The maximum atomic E-state index is 12.7. The van der Waals surface area contributed by atoms with Gasteiger partial charge < -0.3 is 5.32 Å². The van der Waals surface area contributed by atoms with Gasteiger partial charge in [0.1, 0.15) is 11.6 Å². The molecule has 4 aromatic rings. The van der Waals surface area contributed by atoms with Crippen molar-refractivity contribution in [3.63, 3.8) is 0 Å². The zero-order chi connectivity index (χ0) is 20.5. The Morgan fingerprint density at radius 2 is 1.93 bits per heavy atom. The molecule has 2 aromatic heterocycles. The van der Waals surface area contributed by atoms with Gasteiger partial charge in [-0.2, -0.15) is 15.0 Å². The van der Waals surface area contributed by atoms with Crippen molar-refractivity contribution in [3.05, 3.63) is 81.5 Å².